The zero-order valence-electron chi connectivity index (χ0n) is 11.1. The van der Waals surface area contributed by atoms with E-state index >= 15 is 0 Å². The largest absolute Gasteiger partial charge is 0.370 e. The molecule has 0 bridgehead atoms. The van der Waals surface area contributed by atoms with Gasteiger partial charge in [-0.1, -0.05) is 0 Å². The third-order valence-electron chi connectivity index (χ3n) is 3.74. The standard InChI is InChI=1S/C11H22N4O2S/c1-14(2)5-6-15-10(12)13-8-11(15)4-3-7-18(16,17)9-11/h3-9H2,1-2H3,(H2,12,13). The molecule has 0 aromatic carbocycles. The van der Waals surface area contributed by atoms with Crippen molar-refractivity contribution in [2.45, 2.75) is 18.4 Å². The second-order valence-electron chi connectivity index (χ2n) is 5.55. The Bertz CT molecular complexity index is 446. The third kappa shape index (κ3) is 2.61. The molecule has 1 fully saturated rings. The summed E-state index contributed by atoms with van der Waals surface area (Å²) in [5.41, 5.74) is 5.54. The van der Waals surface area contributed by atoms with E-state index in [1.54, 1.807) is 0 Å². The molecule has 18 heavy (non-hydrogen) atoms. The molecule has 104 valence electrons. The molecule has 6 nitrogen and oxygen atoms in total. The predicted molar refractivity (Wildman–Crippen MR) is 72.4 cm³/mol. The highest BCUT2D eigenvalue weighted by Gasteiger charge is 2.47. The van der Waals surface area contributed by atoms with Crippen LogP contribution in [-0.4, -0.2) is 75.0 Å². The summed E-state index contributed by atoms with van der Waals surface area (Å²) in [4.78, 5) is 8.35. The van der Waals surface area contributed by atoms with Gasteiger partial charge in [0, 0.05) is 13.1 Å². The first-order valence-corrected chi connectivity index (χ1v) is 8.10. The Balaban J connectivity index is 2.16. The van der Waals surface area contributed by atoms with Crippen molar-refractivity contribution in [1.82, 2.24) is 9.80 Å². The number of nitrogens with zero attached hydrogens (tertiary/aromatic N) is 3. The lowest BCUT2D eigenvalue weighted by Crippen LogP contribution is -2.58. The summed E-state index contributed by atoms with van der Waals surface area (Å²) in [7, 11) is 1.03. The summed E-state index contributed by atoms with van der Waals surface area (Å²) >= 11 is 0. The molecule has 7 heteroatoms. The Hall–Kier alpha value is -0.820. The van der Waals surface area contributed by atoms with Crippen LogP contribution in [0.25, 0.3) is 0 Å². The van der Waals surface area contributed by atoms with Crippen molar-refractivity contribution in [2.24, 2.45) is 10.7 Å². The summed E-state index contributed by atoms with van der Waals surface area (Å²) in [5, 5.41) is 0. The Labute approximate surface area is 109 Å². The highest BCUT2D eigenvalue weighted by atomic mass is 32.2. The van der Waals surface area contributed by atoms with Crippen molar-refractivity contribution >= 4 is 15.8 Å². The lowest BCUT2D eigenvalue weighted by atomic mass is 9.94. The second-order valence-corrected chi connectivity index (χ2v) is 7.73. The van der Waals surface area contributed by atoms with Gasteiger partial charge in [0.25, 0.3) is 0 Å². The lowest BCUT2D eigenvalue weighted by Gasteiger charge is -2.41. The molecule has 0 saturated carbocycles. The van der Waals surface area contributed by atoms with Gasteiger partial charge in [-0.2, -0.15) is 0 Å². The molecule has 2 N–H and O–H groups in total. The first-order valence-electron chi connectivity index (χ1n) is 6.27. The van der Waals surface area contributed by atoms with Crippen LogP contribution in [0.5, 0.6) is 0 Å². The molecule has 2 rings (SSSR count). The van der Waals surface area contributed by atoms with Gasteiger partial charge in [0.1, 0.15) is 0 Å². The van der Waals surface area contributed by atoms with Crippen LogP contribution >= 0.6 is 0 Å². The van der Waals surface area contributed by atoms with E-state index in [4.69, 9.17) is 5.73 Å². The Morgan fingerprint density at radius 1 is 1.50 bits per heavy atom. The number of guanidine groups is 1. The molecule has 1 unspecified atom stereocenters. The molecule has 1 saturated heterocycles. The molecule has 1 atom stereocenters. The molecular formula is C11H22N4O2S. The SMILES string of the molecule is CN(C)CCN1C(N)=NCC12CCCS(=O)(=O)C2. The minimum atomic E-state index is -2.95. The van der Waals surface area contributed by atoms with Crippen LogP contribution in [-0.2, 0) is 9.84 Å². The number of nitrogens with two attached hydrogens (primary N) is 1. The van der Waals surface area contributed by atoms with Crippen LogP contribution in [0.4, 0.5) is 0 Å². The van der Waals surface area contributed by atoms with Crippen molar-refractivity contribution in [1.29, 1.82) is 0 Å². The van der Waals surface area contributed by atoms with E-state index in [0.717, 1.165) is 19.5 Å². The number of rotatable bonds is 3. The lowest BCUT2D eigenvalue weighted by molar-refractivity contribution is 0.188. The van der Waals surface area contributed by atoms with E-state index in [1.807, 2.05) is 19.0 Å². The molecule has 2 heterocycles. The van der Waals surface area contributed by atoms with Gasteiger partial charge in [-0.05, 0) is 26.9 Å². The number of likely N-dealkylation sites (N-methyl/N-ethyl adjacent to an activating group) is 1. The van der Waals surface area contributed by atoms with E-state index in [-0.39, 0.29) is 11.3 Å². The second kappa shape index (κ2) is 4.70. The molecule has 0 aromatic heterocycles. The van der Waals surface area contributed by atoms with Crippen LogP contribution in [0.3, 0.4) is 0 Å². The van der Waals surface area contributed by atoms with Crippen LogP contribution in [0.15, 0.2) is 4.99 Å². The fourth-order valence-corrected chi connectivity index (χ4v) is 4.74. The average molecular weight is 274 g/mol. The highest BCUT2D eigenvalue weighted by Crippen LogP contribution is 2.32. The zero-order valence-corrected chi connectivity index (χ0v) is 11.9. The van der Waals surface area contributed by atoms with Crippen LogP contribution in [0.2, 0.25) is 0 Å². The molecule has 1 spiro atoms. The predicted octanol–water partition coefficient (Wildman–Crippen LogP) is -0.874. The average Bonchev–Trinajstić information content (AvgIpc) is 2.51. The molecule has 0 amide bonds. The van der Waals surface area contributed by atoms with Gasteiger partial charge in [0.05, 0.1) is 23.6 Å². The summed E-state index contributed by atoms with van der Waals surface area (Å²) < 4.78 is 23.7. The van der Waals surface area contributed by atoms with Gasteiger partial charge >= 0.3 is 0 Å². The minimum Gasteiger partial charge on any atom is -0.370 e. The maximum Gasteiger partial charge on any atom is 0.191 e. The first-order chi connectivity index (χ1) is 8.35. The first kappa shape index (κ1) is 13.6. The fraction of sp³-hybridized carbons (Fsp3) is 0.909. The summed E-state index contributed by atoms with van der Waals surface area (Å²) in [6.45, 7) is 2.10. The van der Waals surface area contributed by atoms with Crippen molar-refractivity contribution < 1.29 is 8.42 Å². The van der Waals surface area contributed by atoms with Crippen molar-refractivity contribution in [3.63, 3.8) is 0 Å². The van der Waals surface area contributed by atoms with E-state index in [9.17, 15) is 8.42 Å². The van der Waals surface area contributed by atoms with Crippen LogP contribution in [0.1, 0.15) is 12.8 Å². The number of hydrogen-bond acceptors (Lipinski definition) is 6. The monoisotopic (exact) mass is 274 g/mol. The topological polar surface area (TPSA) is 79.0 Å². The smallest absolute Gasteiger partial charge is 0.191 e. The van der Waals surface area contributed by atoms with E-state index in [1.165, 1.54) is 0 Å². The van der Waals surface area contributed by atoms with Gasteiger partial charge in [-0.25, -0.2) is 8.42 Å². The van der Waals surface area contributed by atoms with E-state index in [0.29, 0.717) is 24.7 Å². The van der Waals surface area contributed by atoms with Gasteiger partial charge in [0.2, 0.25) is 0 Å². The Morgan fingerprint density at radius 2 is 2.22 bits per heavy atom. The van der Waals surface area contributed by atoms with E-state index in [2.05, 4.69) is 9.89 Å². The number of hydrogen-bond donors (Lipinski definition) is 1. The van der Waals surface area contributed by atoms with Gasteiger partial charge in [-0.3, -0.25) is 4.99 Å². The van der Waals surface area contributed by atoms with Crippen LogP contribution in [0, 0.1) is 0 Å². The van der Waals surface area contributed by atoms with Crippen molar-refractivity contribution in [3.8, 4) is 0 Å². The Morgan fingerprint density at radius 3 is 2.83 bits per heavy atom. The molecular weight excluding hydrogens is 252 g/mol. The van der Waals surface area contributed by atoms with Crippen molar-refractivity contribution in [3.05, 3.63) is 0 Å². The maximum absolute atomic E-state index is 11.9. The van der Waals surface area contributed by atoms with Gasteiger partial charge < -0.3 is 15.5 Å². The van der Waals surface area contributed by atoms with Gasteiger partial charge in [0.15, 0.2) is 15.8 Å². The van der Waals surface area contributed by atoms with Crippen LogP contribution < -0.4 is 5.73 Å². The molecule has 2 aliphatic rings. The van der Waals surface area contributed by atoms with Crippen molar-refractivity contribution in [2.75, 3.05) is 45.2 Å². The normalized spacial score (nSPS) is 31.1. The number of sulfone groups is 1. The van der Waals surface area contributed by atoms with E-state index < -0.39 is 9.84 Å². The van der Waals surface area contributed by atoms with Gasteiger partial charge in [-0.15, -0.1) is 0 Å². The summed E-state index contributed by atoms with van der Waals surface area (Å²) in [6, 6.07) is 0. The fourth-order valence-electron chi connectivity index (χ4n) is 2.81. The third-order valence-corrected chi connectivity index (χ3v) is 5.63. The summed E-state index contributed by atoms with van der Waals surface area (Å²) in [5.74, 6) is 0.988. The number of aliphatic imine (C=N–C) groups is 1. The summed E-state index contributed by atoms with van der Waals surface area (Å²) in [6.07, 6.45) is 1.58. The highest BCUT2D eigenvalue weighted by molar-refractivity contribution is 7.91. The maximum atomic E-state index is 11.9. The quantitative estimate of drug-likeness (QED) is 0.723. The molecule has 0 radical (unpaired) electrons. The molecule has 2 aliphatic heterocycles. The Kier molecular flexibility index (Phi) is 3.55. The molecule has 0 aromatic rings. The molecule has 0 aliphatic carbocycles. The zero-order chi connectivity index (χ0) is 13.4. The minimum absolute atomic E-state index is 0.192.